The molecule has 0 atom stereocenters. The molecule has 0 amide bonds. The van der Waals surface area contributed by atoms with Crippen molar-refractivity contribution in [1.29, 1.82) is 0 Å². The molecule has 3 heteroatoms. The predicted molar refractivity (Wildman–Crippen MR) is 46.8 cm³/mol. The van der Waals surface area contributed by atoms with Gasteiger partial charge in [-0.05, 0) is 6.08 Å². The van der Waals surface area contributed by atoms with Gasteiger partial charge in [0.25, 0.3) is 0 Å². The molecular formula is C8H11N3. The molecule has 11 heavy (non-hydrogen) atoms. The molecule has 1 aromatic rings. The van der Waals surface area contributed by atoms with Gasteiger partial charge in [0.2, 0.25) is 0 Å². The van der Waals surface area contributed by atoms with E-state index in [1.165, 1.54) is 0 Å². The van der Waals surface area contributed by atoms with Gasteiger partial charge in [0.15, 0.2) is 0 Å². The summed E-state index contributed by atoms with van der Waals surface area (Å²) in [6.07, 6.45) is 5.30. The molecule has 0 aromatic carbocycles. The van der Waals surface area contributed by atoms with Crippen LogP contribution in [0.5, 0.6) is 0 Å². The van der Waals surface area contributed by atoms with Gasteiger partial charge in [0.1, 0.15) is 0 Å². The molecule has 0 aliphatic rings. The summed E-state index contributed by atoms with van der Waals surface area (Å²) in [5, 5.41) is 4.06. The fourth-order valence-corrected chi connectivity index (χ4v) is 0.952. The number of nitrogens with zero attached hydrogens (tertiary/aromatic N) is 3. The summed E-state index contributed by atoms with van der Waals surface area (Å²) in [5.41, 5.74) is 2.00. The van der Waals surface area contributed by atoms with Crippen molar-refractivity contribution < 1.29 is 0 Å². The molecule has 0 saturated carbocycles. The molecule has 0 bridgehead atoms. The molecule has 0 radical (unpaired) electrons. The summed E-state index contributed by atoms with van der Waals surface area (Å²) in [5.74, 6) is 0. The molecular weight excluding hydrogens is 138 g/mol. The SMILES string of the molecule is C=Cc1c(C=NC)cnn1C. The van der Waals surface area contributed by atoms with Crippen LogP contribution < -0.4 is 0 Å². The van der Waals surface area contributed by atoms with Crippen LogP contribution in [0.2, 0.25) is 0 Å². The summed E-state index contributed by atoms with van der Waals surface area (Å²) in [6.45, 7) is 3.68. The van der Waals surface area contributed by atoms with Gasteiger partial charge in [0, 0.05) is 25.9 Å². The lowest BCUT2D eigenvalue weighted by atomic mass is 10.2. The molecule has 0 N–H and O–H groups in total. The van der Waals surface area contributed by atoms with E-state index >= 15 is 0 Å². The standard InChI is InChI=1S/C8H11N3/c1-4-8-7(5-9-2)6-10-11(8)3/h4-6H,1H2,2-3H3. The maximum absolute atomic E-state index is 4.06. The molecule has 3 nitrogen and oxygen atoms in total. The topological polar surface area (TPSA) is 30.2 Å². The third-order valence-electron chi connectivity index (χ3n) is 1.48. The number of hydrogen-bond donors (Lipinski definition) is 0. The Morgan fingerprint density at radius 2 is 2.45 bits per heavy atom. The summed E-state index contributed by atoms with van der Waals surface area (Å²) >= 11 is 0. The average molecular weight is 149 g/mol. The van der Waals surface area contributed by atoms with E-state index in [0.717, 1.165) is 11.3 Å². The Morgan fingerprint density at radius 1 is 1.73 bits per heavy atom. The van der Waals surface area contributed by atoms with E-state index in [-0.39, 0.29) is 0 Å². The number of hydrogen-bond acceptors (Lipinski definition) is 2. The van der Waals surface area contributed by atoms with Crippen molar-refractivity contribution in [3.63, 3.8) is 0 Å². The number of aryl methyl sites for hydroxylation is 1. The molecule has 0 fully saturated rings. The number of aliphatic imine (C=N–C) groups is 1. The van der Waals surface area contributed by atoms with Crippen molar-refractivity contribution in [2.24, 2.45) is 12.0 Å². The van der Waals surface area contributed by atoms with Gasteiger partial charge in [-0.3, -0.25) is 9.67 Å². The maximum atomic E-state index is 4.06. The second-order valence-electron chi connectivity index (χ2n) is 2.20. The summed E-state index contributed by atoms with van der Waals surface area (Å²) in [4.78, 5) is 3.90. The lowest BCUT2D eigenvalue weighted by Gasteiger charge is -1.93. The normalized spacial score (nSPS) is 10.7. The minimum absolute atomic E-state index is 0.996. The van der Waals surface area contributed by atoms with Gasteiger partial charge >= 0.3 is 0 Å². The van der Waals surface area contributed by atoms with Crippen LogP contribution in [0.15, 0.2) is 17.8 Å². The first kappa shape index (κ1) is 7.72. The lowest BCUT2D eigenvalue weighted by molar-refractivity contribution is 0.760. The van der Waals surface area contributed by atoms with Crippen molar-refractivity contribution in [3.05, 3.63) is 24.0 Å². The summed E-state index contributed by atoms with van der Waals surface area (Å²) < 4.78 is 1.77. The number of aromatic nitrogens is 2. The van der Waals surface area contributed by atoms with Crippen molar-refractivity contribution in [2.75, 3.05) is 7.05 Å². The van der Waals surface area contributed by atoms with E-state index in [4.69, 9.17) is 0 Å². The molecule has 58 valence electrons. The second kappa shape index (κ2) is 3.14. The first-order valence-corrected chi connectivity index (χ1v) is 3.36. The van der Waals surface area contributed by atoms with Crippen molar-refractivity contribution in [1.82, 2.24) is 9.78 Å². The van der Waals surface area contributed by atoms with Crippen LogP contribution in [0.25, 0.3) is 6.08 Å². The van der Waals surface area contributed by atoms with Gasteiger partial charge < -0.3 is 0 Å². The van der Waals surface area contributed by atoms with E-state index in [0.29, 0.717) is 0 Å². The van der Waals surface area contributed by atoms with E-state index in [9.17, 15) is 0 Å². The van der Waals surface area contributed by atoms with Crippen LogP contribution in [0, 0.1) is 0 Å². The highest BCUT2D eigenvalue weighted by molar-refractivity contribution is 5.83. The Balaban J connectivity index is 3.15. The Labute approximate surface area is 66.1 Å². The molecule has 0 unspecified atom stereocenters. The van der Waals surface area contributed by atoms with Gasteiger partial charge in [-0.2, -0.15) is 5.10 Å². The highest BCUT2D eigenvalue weighted by Crippen LogP contribution is 2.05. The van der Waals surface area contributed by atoms with E-state index in [1.807, 2.05) is 7.05 Å². The third-order valence-corrected chi connectivity index (χ3v) is 1.48. The Morgan fingerprint density at radius 3 is 3.00 bits per heavy atom. The summed E-state index contributed by atoms with van der Waals surface area (Å²) in [6, 6.07) is 0. The van der Waals surface area contributed by atoms with Crippen LogP contribution in [0.1, 0.15) is 11.3 Å². The molecule has 1 rings (SSSR count). The lowest BCUT2D eigenvalue weighted by Crippen LogP contribution is -1.93. The second-order valence-corrected chi connectivity index (χ2v) is 2.20. The summed E-state index contributed by atoms with van der Waals surface area (Å²) in [7, 11) is 3.61. The molecule has 0 spiro atoms. The van der Waals surface area contributed by atoms with Crippen molar-refractivity contribution in [3.8, 4) is 0 Å². The highest BCUT2D eigenvalue weighted by Gasteiger charge is 2.00. The minimum Gasteiger partial charge on any atom is -0.296 e. The van der Waals surface area contributed by atoms with Crippen LogP contribution in [-0.2, 0) is 7.05 Å². The van der Waals surface area contributed by atoms with Crippen molar-refractivity contribution >= 4 is 12.3 Å². The number of rotatable bonds is 2. The van der Waals surface area contributed by atoms with Gasteiger partial charge in [-0.15, -0.1) is 0 Å². The monoisotopic (exact) mass is 149 g/mol. The van der Waals surface area contributed by atoms with E-state index in [1.54, 1.807) is 30.2 Å². The zero-order valence-electron chi connectivity index (χ0n) is 6.78. The molecule has 1 aromatic heterocycles. The zero-order valence-corrected chi connectivity index (χ0v) is 6.78. The van der Waals surface area contributed by atoms with Crippen LogP contribution >= 0.6 is 0 Å². The maximum Gasteiger partial charge on any atom is 0.0688 e. The Hall–Kier alpha value is -1.38. The fraction of sp³-hybridized carbons (Fsp3) is 0.250. The van der Waals surface area contributed by atoms with E-state index in [2.05, 4.69) is 16.7 Å². The quantitative estimate of drug-likeness (QED) is 0.579. The molecule has 0 aliphatic heterocycles. The predicted octanol–water partition coefficient (Wildman–Crippen LogP) is 1.11. The minimum atomic E-state index is 0.996. The zero-order chi connectivity index (χ0) is 8.27. The highest BCUT2D eigenvalue weighted by atomic mass is 15.3. The van der Waals surface area contributed by atoms with Crippen molar-refractivity contribution in [2.45, 2.75) is 0 Å². The van der Waals surface area contributed by atoms with Gasteiger partial charge in [-0.25, -0.2) is 0 Å². The smallest absolute Gasteiger partial charge is 0.0688 e. The van der Waals surface area contributed by atoms with Gasteiger partial charge in [0.05, 0.1) is 11.9 Å². The largest absolute Gasteiger partial charge is 0.296 e. The first-order valence-electron chi connectivity index (χ1n) is 3.36. The Bertz CT molecular complexity index is 284. The molecule has 0 aliphatic carbocycles. The third kappa shape index (κ3) is 1.37. The average Bonchev–Trinajstić information content (AvgIpc) is 2.33. The van der Waals surface area contributed by atoms with Gasteiger partial charge in [-0.1, -0.05) is 6.58 Å². The molecule has 0 saturated heterocycles. The Kier molecular flexibility index (Phi) is 2.21. The first-order chi connectivity index (χ1) is 5.29. The van der Waals surface area contributed by atoms with Crippen LogP contribution in [0.3, 0.4) is 0 Å². The van der Waals surface area contributed by atoms with E-state index < -0.39 is 0 Å². The van der Waals surface area contributed by atoms with Crippen LogP contribution in [0.4, 0.5) is 0 Å². The van der Waals surface area contributed by atoms with Crippen LogP contribution in [-0.4, -0.2) is 23.0 Å². The molecule has 1 heterocycles. The fourth-order valence-electron chi connectivity index (χ4n) is 0.952.